The van der Waals surface area contributed by atoms with Crippen molar-refractivity contribution in [3.05, 3.63) is 60.4 Å². The van der Waals surface area contributed by atoms with Crippen LogP contribution in [0.15, 0.2) is 68.8 Å². The fraction of sp³-hybridized carbons (Fsp3) is 0. The van der Waals surface area contributed by atoms with E-state index in [0.717, 1.165) is 24.3 Å². The summed E-state index contributed by atoms with van der Waals surface area (Å²) in [7, 11) is -8.13. The Morgan fingerprint density at radius 1 is 0.964 bits per heavy atom. The van der Waals surface area contributed by atoms with E-state index in [2.05, 4.69) is 4.72 Å². The Balaban J connectivity index is 1.99. The monoisotopic (exact) mass is 422 g/mol. The number of aldehydes is 1. The molecule has 11 heteroatoms. The van der Waals surface area contributed by atoms with E-state index < -0.39 is 20.0 Å². The Labute approximate surface area is 160 Å². The van der Waals surface area contributed by atoms with E-state index in [1.165, 1.54) is 30.3 Å². The molecular weight excluding hydrogens is 408 g/mol. The number of aromatic hydroxyl groups is 1. The lowest BCUT2D eigenvalue weighted by Crippen LogP contribution is -2.15. The van der Waals surface area contributed by atoms with E-state index in [-0.39, 0.29) is 38.3 Å². The SMILES string of the molecule is NS(=O)(=O)c1cccc(NS(=O)(=O)c2ccc(O)c(-c3ccc(C=O)o3)c2)c1. The highest BCUT2D eigenvalue weighted by Gasteiger charge is 2.19. The number of rotatable bonds is 6. The summed E-state index contributed by atoms with van der Waals surface area (Å²) < 4.78 is 55.6. The smallest absolute Gasteiger partial charge is 0.261 e. The fourth-order valence-electron chi connectivity index (χ4n) is 2.39. The standard InChI is InChI=1S/C17H14N2O7S2/c18-27(22,23)13-3-1-2-11(8-13)19-28(24,25)14-5-6-16(21)15(9-14)17-7-4-12(10-20)26-17/h1-10,19,21H,(H2,18,22,23). The lowest BCUT2D eigenvalue weighted by Gasteiger charge is -2.11. The van der Waals surface area contributed by atoms with Crippen molar-refractivity contribution in [1.29, 1.82) is 0 Å². The van der Waals surface area contributed by atoms with Crippen LogP contribution in [0.4, 0.5) is 5.69 Å². The molecule has 0 atom stereocenters. The van der Waals surface area contributed by atoms with E-state index >= 15 is 0 Å². The Kier molecular flexibility index (Phi) is 4.98. The van der Waals surface area contributed by atoms with Gasteiger partial charge < -0.3 is 9.52 Å². The number of phenols is 1. The van der Waals surface area contributed by atoms with Crippen LogP contribution in [0.3, 0.4) is 0 Å². The van der Waals surface area contributed by atoms with Crippen LogP contribution in [0.5, 0.6) is 5.75 Å². The molecule has 9 nitrogen and oxygen atoms in total. The highest BCUT2D eigenvalue weighted by Crippen LogP contribution is 2.33. The Hall–Kier alpha value is -3.15. The first-order chi connectivity index (χ1) is 13.1. The molecule has 0 unspecified atom stereocenters. The molecule has 0 aliphatic rings. The van der Waals surface area contributed by atoms with Crippen molar-refractivity contribution in [1.82, 2.24) is 0 Å². The number of phenolic OH excluding ortho intramolecular Hbond substituents is 1. The number of nitrogens with two attached hydrogens (primary N) is 1. The van der Waals surface area contributed by atoms with Gasteiger partial charge in [-0.2, -0.15) is 0 Å². The number of benzene rings is 2. The van der Waals surface area contributed by atoms with Gasteiger partial charge in [-0.3, -0.25) is 9.52 Å². The third-order valence-corrected chi connectivity index (χ3v) is 5.99. The van der Waals surface area contributed by atoms with Crippen molar-refractivity contribution < 1.29 is 31.2 Å². The van der Waals surface area contributed by atoms with Gasteiger partial charge in [-0.1, -0.05) is 6.07 Å². The summed E-state index contributed by atoms with van der Waals surface area (Å²) in [5.74, 6) is -0.129. The Bertz CT molecular complexity index is 1260. The van der Waals surface area contributed by atoms with Gasteiger partial charge in [0.25, 0.3) is 10.0 Å². The zero-order valence-corrected chi connectivity index (χ0v) is 15.7. The van der Waals surface area contributed by atoms with Crippen LogP contribution in [0.1, 0.15) is 10.6 Å². The molecule has 0 fully saturated rings. The summed E-state index contributed by atoms with van der Waals surface area (Å²) in [5, 5.41) is 15.1. The number of carbonyl (C=O) groups excluding carboxylic acids is 1. The zero-order chi connectivity index (χ0) is 20.5. The Morgan fingerprint density at radius 2 is 1.71 bits per heavy atom. The van der Waals surface area contributed by atoms with Gasteiger partial charge >= 0.3 is 0 Å². The maximum Gasteiger partial charge on any atom is 0.261 e. The minimum absolute atomic E-state index is 0.0117. The molecule has 3 rings (SSSR count). The van der Waals surface area contributed by atoms with E-state index in [9.17, 15) is 26.7 Å². The summed E-state index contributed by atoms with van der Waals surface area (Å²) in [6, 6.07) is 11.3. The van der Waals surface area contributed by atoms with Crippen LogP contribution in [0.25, 0.3) is 11.3 Å². The van der Waals surface area contributed by atoms with Crippen molar-refractivity contribution in [2.75, 3.05) is 4.72 Å². The zero-order valence-electron chi connectivity index (χ0n) is 14.1. The molecule has 3 aromatic rings. The summed E-state index contributed by atoms with van der Waals surface area (Å²) in [5.41, 5.74) is 0.0525. The quantitative estimate of drug-likeness (QED) is 0.512. The lowest BCUT2D eigenvalue weighted by atomic mass is 10.1. The average Bonchev–Trinajstić information content (AvgIpc) is 3.10. The van der Waals surface area contributed by atoms with Crippen LogP contribution in [0, 0.1) is 0 Å². The van der Waals surface area contributed by atoms with Gasteiger partial charge in [0, 0.05) is 0 Å². The van der Waals surface area contributed by atoms with Crippen LogP contribution in [0.2, 0.25) is 0 Å². The van der Waals surface area contributed by atoms with Crippen molar-refractivity contribution >= 4 is 32.0 Å². The van der Waals surface area contributed by atoms with Crippen molar-refractivity contribution in [2.24, 2.45) is 5.14 Å². The molecule has 28 heavy (non-hydrogen) atoms. The second-order valence-electron chi connectivity index (χ2n) is 5.68. The molecule has 1 aromatic heterocycles. The molecule has 0 aliphatic heterocycles. The first-order valence-corrected chi connectivity index (χ1v) is 10.7. The summed E-state index contributed by atoms with van der Waals surface area (Å²) in [6.07, 6.45) is 0.473. The highest BCUT2D eigenvalue weighted by molar-refractivity contribution is 7.92. The number of nitrogens with one attached hydrogen (secondary N) is 1. The van der Waals surface area contributed by atoms with Gasteiger partial charge in [0.1, 0.15) is 11.5 Å². The molecule has 0 amide bonds. The third kappa shape index (κ3) is 4.06. The van der Waals surface area contributed by atoms with Crippen LogP contribution in [-0.4, -0.2) is 28.2 Å². The number of sulfonamides is 2. The number of hydrogen-bond donors (Lipinski definition) is 3. The number of anilines is 1. The molecule has 0 spiro atoms. The van der Waals surface area contributed by atoms with Crippen LogP contribution < -0.4 is 9.86 Å². The first-order valence-electron chi connectivity index (χ1n) is 7.64. The Morgan fingerprint density at radius 3 is 2.36 bits per heavy atom. The van der Waals surface area contributed by atoms with Gasteiger partial charge in [-0.15, -0.1) is 0 Å². The average molecular weight is 422 g/mol. The highest BCUT2D eigenvalue weighted by atomic mass is 32.2. The minimum atomic E-state index is -4.13. The van der Waals surface area contributed by atoms with Crippen LogP contribution >= 0.6 is 0 Å². The second kappa shape index (κ2) is 7.11. The molecule has 1 heterocycles. The predicted octanol–water partition coefficient (Wildman–Crippen LogP) is 1.91. The van der Waals surface area contributed by atoms with Gasteiger partial charge in [-0.05, 0) is 48.5 Å². The molecule has 0 saturated carbocycles. The second-order valence-corrected chi connectivity index (χ2v) is 8.92. The van der Waals surface area contributed by atoms with Gasteiger partial charge in [-0.25, -0.2) is 22.0 Å². The van der Waals surface area contributed by atoms with Crippen molar-refractivity contribution in [3.63, 3.8) is 0 Å². The molecule has 0 saturated heterocycles. The molecule has 4 N–H and O–H groups in total. The maximum absolute atomic E-state index is 12.7. The summed E-state index contributed by atoms with van der Waals surface area (Å²) >= 11 is 0. The topological polar surface area (TPSA) is 157 Å². The number of hydrogen-bond acceptors (Lipinski definition) is 7. The van der Waals surface area contributed by atoms with Gasteiger partial charge in [0.05, 0.1) is 21.0 Å². The van der Waals surface area contributed by atoms with Crippen molar-refractivity contribution in [2.45, 2.75) is 9.79 Å². The summed E-state index contributed by atoms with van der Waals surface area (Å²) in [4.78, 5) is 10.3. The van der Waals surface area contributed by atoms with E-state index in [0.29, 0.717) is 6.29 Å². The molecule has 0 aliphatic carbocycles. The van der Waals surface area contributed by atoms with Crippen LogP contribution in [-0.2, 0) is 20.0 Å². The molecule has 146 valence electrons. The van der Waals surface area contributed by atoms with Gasteiger partial charge in [0.2, 0.25) is 10.0 Å². The summed E-state index contributed by atoms with van der Waals surface area (Å²) in [6.45, 7) is 0. The van der Waals surface area contributed by atoms with Crippen molar-refractivity contribution in [3.8, 4) is 17.1 Å². The maximum atomic E-state index is 12.7. The molecular formula is C17H14N2O7S2. The number of furan rings is 1. The first kappa shape index (κ1) is 19.6. The lowest BCUT2D eigenvalue weighted by molar-refractivity contribution is 0.110. The largest absolute Gasteiger partial charge is 0.507 e. The minimum Gasteiger partial charge on any atom is -0.507 e. The number of primary sulfonamides is 1. The van der Waals surface area contributed by atoms with E-state index in [4.69, 9.17) is 9.56 Å². The fourth-order valence-corrected chi connectivity index (χ4v) is 4.03. The molecule has 0 radical (unpaired) electrons. The molecule has 2 aromatic carbocycles. The van der Waals surface area contributed by atoms with E-state index in [1.807, 2.05) is 0 Å². The third-order valence-electron chi connectivity index (χ3n) is 3.70. The normalized spacial score (nSPS) is 11.9. The molecule has 0 bridgehead atoms. The number of carbonyl (C=O) groups is 1. The predicted molar refractivity (Wildman–Crippen MR) is 99.8 cm³/mol. The van der Waals surface area contributed by atoms with Gasteiger partial charge in [0.15, 0.2) is 12.0 Å². The van der Waals surface area contributed by atoms with E-state index in [1.54, 1.807) is 0 Å².